The number of hydrogen-bond acceptors (Lipinski definition) is 5. The average molecular weight is 419 g/mol. The van der Waals surface area contributed by atoms with Crippen molar-refractivity contribution in [1.29, 1.82) is 0 Å². The molecule has 1 aromatic rings. The molecule has 8 heteroatoms. The monoisotopic (exact) mass is 418 g/mol. The zero-order valence-electron chi connectivity index (χ0n) is 16.6. The van der Waals surface area contributed by atoms with Gasteiger partial charge in [-0.2, -0.15) is 0 Å². The minimum Gasteiger partial charge on any atom is -0.349 e. The van der Waals surface area contributed by atoms with E-state index in [0.29, 0.717) is 19.3 Å². The maximum Gasteiger partial charge on any atom is 0.233 e. The molecule has 3 rings (SSSR count). The van der Waals surface area contributed by atoms with E-state index in [1.165, 1.54) is 17.0 Å². The highest BCUT2D eigenvalue weighted by Gasteiger charge is 2.46. The van der Waals surface area contributed by atoms with Gasteiger partial charge in [-0.25, -0.2) is 8.42 Å². The summed E-state index contributed by atoms with van der Waals surface area (Å²) in [4.78, 5) is 38.8. The van der Waals surface area contributed by atoms with E-state index in [0.717, 1.165) is 11.8 Å². The molecular formula is C21H26N2O5S. The lowest BCUT2D eigenvalue weighted by molar-refractivity contribution is -0.140. The van der Waals surface area contributed by atoms with Crippen LogP contribution < -0.4 is 5.32 Å². The number of sulfone groups is 1. The van der Waals surface area contributed by atoms with Crippen molar-refractivity contribution in [2.75, 3.05) is 12.8 Å². The van der Waals surface area contributed by atoms with E-state index in [1.54, 1.807) is 12.1 Å². The molecule has 1 heterocycles. The van der Waals surface area contributed by atoms with Crippen LogP contribution in [0, 0.1) is 11.8 Å². The maximum atomic E-state index is 12.5. The van der Waals surface area contributed by atoms with Crippen LogP contribution in [-0.2, 0) is 24.2 Å². The van der Waals surface area contributed by atoms with Crippen molar-refractivity contribution in [2.24, 2.45) is 11.8 Å². The minimum absolute atomic E-state index is 0.0439. The number of amides is 3. The van der Waals surface area contributed by atoms with Gasteiger partial charge in [0, 0.05) is 19.2 Å². The number of allylic oxidation sites excluding steroid dienone is 2. The van der Waals surface area contributed by atoms with Crippen molar-refractivity contribution < 1.29 is 22.8 Å². The lowest BCUT2D eigenvalue weighted by atomic mass is 9.85. The summed E-state index contributed by atoms with van der Waals surface area (Å²) in [6, 6.07) is 6.16. The number of rotatable bonds is 7. The van der Waals surface area contributed by atoms with Gasteiger partial charge >= 0.3 is 0 Å². The molecule has 0 spiro atoms. The van der Waals surface area contributed by atoms with E-state index in [2.05, 4.69) is 5.32 Å². The van der Waals surface area contributed by atoms with Crippen LogP contribution >= 0.6 is 0 Å². The zero-order chi connectivity index (χ0) is 21.2. The molecule has 3 atom stereocenters. The molecule has 7 nitrogen and oxygen atoms in total. The highest BCUT2D eigenvalue weighted by molar-refractivity contribution is 7.90. The van der Waals surface area contributed by atoms with Gasteiger partial charge in [-0.15, -0.1) is 0 Å². The standard InChI is InChI=1S/C21H26N2O5S/c1-3-18(14-8-10-15(11-9-14)29(2,27)28)22-19(24)12-13-23-20(25)16-6-4-5-7-17(16)21(23)26/h4-5,8-11,16-18H,3,6-7,12-13H2,1-2H3,(H,22,24)/t16-,17+,18-/m1/s1. The number of nitrogens with zero attached hydrogens (tertiary/aromatic N) is 1. The molecule has 0 aromatic heterocycles. The molecule has 0 radical (unpaired) electrons. The Morgan fingerprint density at radius 1 is 1.10 bits per heavy atom. The van der Waals surface area contributed by atoms with Crippen molar-refractivity contribution >= 4 is 27.6 Å². The number of hydrogen-bond donors (Lipinski definition) is 1. The molecule has 0 bridgehead atoms. The van der Waals surface area contributed by atoms with Crippen LogP contribution in [0.3, 0.4) is 0 Å². The molecule has 1 fully saturated rings. The number of fused-ring (bicyclic) bond motifs is 1. The molecule has 156 valence electrons. The highest BCUT2D eigenvalue weighted by Crippen LogP contribution is 2.35. The maximum absolute atomic E-state index is 12.5. The van der Waals surface area contributed by atoms with Gasteiger partial charge in [-0.3, -0.25) is 19.3 Å². The zero-order valence-corrected chi connectivity index (χ0v) is 17.4. The Morgan fingerprint density at radius 3 is 2.14 bits per heavy atom. The predicted octanol–water partition coefficient (Wildman–Crippen LogP) is 2.00. The van der Waals surface area contributed by atoms with Crippen molar-refractivity contribution in [2.45, 2.75) is 43.5 Å². The van der Waals surface area contributed by atoms with Crippen LogP contribution in [0.25, 0.3) is 0 Å². The first kappa shape index (κ1) is 21.2. The lowest BCUT2D eigenvalue weighted by Gasteiger charge is -2.19. The van der Waals surface area contributed by atoms with Crippen molar-refractivity contribution in [3.8, 4) is 0 Å². The lowest BCUT2D eigenvalue weighted by Crippen LogP contribution is -2.36. The first-order valence-electron chi connectivity index (χ1n) is 9.82. The van der Waals surface area contributed by atoms with Gasteiger partial charge < -0.3 is 5.32 Å². The Kier molecular flexibility index (Phi) is 6.21. The number of nitrogens with one attached hydrogen (secondary N) is 1. The molecule has 0 unspecified atom stereocenters. The minimum atomic E-state index is -3.27. The number of carbonyl (C=O) groups is 3. The smallest absolute Gasteiger partial charge is 0.233 e. The predicted molar refractivity (Wildman–Crippen MR) is 107 cm³/mol. The molecule has 2 aliphatic rings. The van der Waals surface area contributed by atoms with Crippen LogP contribution in [0.15, 0.2) is 41.3 Å². The first-order valence-corrected chi connectivity index (χ1v) is 11.7. The Morgan fingerprint density at radius 2 is 1.66 bits per heavy atom. The summed E-state index contributed by atoms with van der Waals surface area (Å²) < 4.78 is 23.2. The van der Waals surface area contributed by atoms with Crippen molar-refractivity contribution in [3.05, 3.63) is 42.0 Å². The Bertz CT molecular complexity index is 910. The SMILES string of the molecule is CC[C@@H](NC(=O)CCN1C(=O)[C@H]2CC=CC[C@H]2C1=O)c1ccc(S(C)(=O)=O)cc1. The van der Waals surface area contributed by atoms with E-state index in [4.69, 9.17) is 0 Å². The summed E-state index contributed by atoms with van der Waals surface area (Å²) >= 11 is 0. The van der Waals surface area contributed by atoms with Crippen LogP contribution in [0.1, 0.15) is 44.2 Å². The number of imide groups is 1. The van der Waals surface area contributed by atoms with Gasteiger partial charge in [0.25, 0.3) is 0 Å². The van der Waals surface area contributed by atoms with Gasteiger partial charge in [0.15, 0.2) is 9.84 Å². The summed E-state index contributed by atoms with van der Waals surface area (Å²) in [7, 11) is -3.27. The Hall–Kier alpha value is -2.48. The fourth-order valence-corrected chi connectivity index (χ4v) is 4.57. The molecule has 29 heavy (non-hydrogen) atoms. The molecule has 1 aliphatic carbocycles. The van der Waals surface area contributed by atoms with E-state index < -0.39 is 9.84 Å². The van der Waals surface area contributed by atoms with Crippen LogP contribution in [0.2, 0.25) is 0 Å². The Labute approximate surface area is 171 Å². The topological polar surface area (TPSA) is 101 Å². The van der Waals surface area contributed by atoms with Gasteiger partial charge in [0.05, 0.1) is 22.8 Å². The molecule has 1 aromatic carbocycles. The average Bonchev–Trinajstić information content (AvgIpc) is 2.94. The van der Waals surface area contributed by atoms with E-state index in [9.17, 15) is 22.8 Å². The summed E-state index contributed by atoms with van der Waals surface area (Å²) in [6.07, 6.45) is 6.85. The third-order valence-electron chi connectivity index (χ3n) is 5.62. The van der Waals surface area contributed by atoms with Crippen LogP contribution in [0.5, 0.6) is 0 Å². The van der Waals surface area contributed by atoms with E-state index in [1.807, 2.05) is 19.1 Å². The third kappa shape index (κ3) is 4.58. The highest BCUT2D eigenvalue weighted by atomic mass is 32.2. The van der Waals surface area contributed by atoms with Gasteiger partial charge in [0.1, 0.15) is 0 Å². The fraction of sp³-hybridized carbons (Fsp3) is 0.476. The third-order valence-corrected chi connectivity index (χ3v) is 6.74. The second kappa shape index (κ2) is 8.49. The second-order valence-electron chi connectivity index (χ2n) is 7.60. The molecule has 1 aliphatic heterocycles. The van der Waals surface area contributed by atoms with E-state index >= 15 is 0 Å². The van der Waals surface area contributed by atoms with Crippen LogP contribution in [-0.4, -0.2) is 43.8 Å². The second-order valence-corrected chi connectivity index (χ2v) is 9.62. The van der Waals surface area contributed by atoms with Gasteiger partial charge in [0.2, 0.25) is 17.7 Å². The molecule has 0 saturated carbocycles. The van der Waals surface area contributed by atoms with E-state index in [-0.39, 0.29) is 53.5 Å². The molecule has 3 amide bonds. The van der Waals surface area contributed by atoms with Gasteiger partial charge in [-0.05, 0) is 37.0 Å². The summed E-state index contributed by atoms with van der Waals surface area (Å²) in [5.41, 5.74) is 0.804. The molecule has 1 N–H and O–H groups in total. The summed E-state index contributed by atoms with van der Waals surface area (Å²) in [6.45, 7) is 2.00. The van der Waals surface area contributed by atoms with Gasteiger partial charge in [-0.1, -0.05) is 31.2 Å². The first-order chi connectivity index (χ1) is 13.7. The summed E-state index contributed by atoms with van der Waals surface area (Å²) in [5.74, 6) is -1.18. The summed E-state index contributed by atoms with van der Waals surface area (Å²) in [5, 5.41) is 2.91. The normalized spacial score (nSPS) is 22.5. The van der Waals surface area contributed by atoms with Crippen molar-refractivity contribution in [1.82, 2.24) is 10.2 Å². The molecule has 1 saturated heterocycles. The molecular weight excluding hydrogens is 392 g/mol. The largest absolute Gasteiger partial charge is 0.349 e. The number of benzene rings is 1. The Balaban J connectivity index is 1.58. The quantitative estimate of drug-likeness (QED) is 0.539. The number of carbonyl (C=O) groups excluding carboxylic acids is 3. The van der Waals surface area contributed by atoms with Crippen LogP contribution in [0.4, 0.5) is 0 Å². The number of likely N-dealkylation sites (tertiary alicyclic amines) is 1. The fourth-order valence-electron chi connectivity index (χ4n) is 3.94. The van der Waals surface area contributed by atoms with Crippen molar-refractivity contribution in [3.63, 3.8) is 0 Å².